The van der Waals surface area contributed by atoms with Crippen molar-refractivity contribution in [1.29, 1.82) is 0 Å². The van der Waals surface area contributed by atoms with Crippen molar-refractivity contribution >= 4 is 33.4 Å². The highest BCUT2D eigenvalue weighted by atomic mass is 32.1. The molecule has 1 aliphatic heterocycles. The maximum atomic E-state index is 12.2. The summed E-state index contributed by atoms with van der Waals surface area (Å²) in [5.74, 6) is 0.00301. The summed E-state index contributed by atoms with van der Waals surface area (Å²) in [5.41, 5.74) is 2.35. The number of rotatable bonds is 7. The third kappa shape index (κ3) is 4.37. The van der Waals surface area contributed by atoms with Gasteiger partial charge in [-0.3, -0.25) is 14.5 Å². The smallest absolute Gasteiger partial charge is 0.239 e. The normalized spacial score (nSPS) is 13.9. The zero-order chi connectivity index (χ0) is 18.5. The van der Waals surface area contributed by atoms with Gasteiger partial charge in [0.1, 0.15) is 0 Å². The Labute approximate surface area is 157 Å². The maximum absolute atomic E-state index is 12.2. The van der Waals surface area contributed by atoms with Crippen LogP contribution < -0.4 is 15.1 Å². The number of hydrogen-bond donors (Lipinski definition) is 1. The molecule has 0 aliphatic carbocycles. The van der Waals surface area contributed by atoms with Gasteiger partial charge >= 0.3 is 0 Å². The summed E-state index contributed by atoms with van der Waals surface area (Å²) in [6.45, 7) is 3.50. The molecular weight excluding hydrogens is 350 g/mol. The van der Waals surface area contributed by atoms with E-state index in [-0.39, 0.29) is 18.4 Å². The Morgan fingerprint density at radius 3 is 2.65 bits per heavy atom. The summed E-state index contributed by atoms with van der Waals surface area (Å²) < 4.78 is 0. The number of aromatic nitrogens is 2. The van der Waals surface area contributed by atoms with Gasteiger partial charge in [0, 0.05) is 26.6 Å². The fraction of sp³-hybridized carbons (Fsp3) is 0.444. The number of nitrogens with one attached hydrogen (secondary N) is 1. The first-order valence-corrected chi connectivity index (χ1v) is 9.58. The van der Waals surface area contributed by atoms with Gasteiger partial charge < -0.3 is 10.2 Å². The van der Waals surface area contributed by atoms with E-state index in [1.165, 1.54) is 16.9 Å². The van der Waals surface area contributed by atoms with E-state index in [1.807, 2.05) is 12.1 Å². The number of carbonyl (C=O) groups excluding carboxylic acids is 2. The number of carbonyl (C=O) groups is 2. The standard InChI is InChI=1S/C18H23N5O2S/c1-3-13-6-8-14(9-7-13)11-19-15(24)12-22(2)17-20-21-18(26-17)23-10-4-5-16(23)25/h6-9H,3-5,10-12H2,1-2H3,(H,19,24). The molecule has 2 aromatic rings. The molecule has 2 amide bonds. The highest BCUT2D eigenvalue weighted by Crippen LogP contribution is 2.29. The molecule has 1 N–H and O–H groups in total. The molecule has 1 saturated heterocycles. The molecule has 0 unspecified atom stereocenters. The molecular formula is C18H23N5O2S. The zero-order valence-electron chi connectivity index (χ0n) is 15.1. The molecule has 0 spiro atoms. The van der Waals surface area contributed by atoms with Crippen LogP contribution >= 0.6 is 11.3 Å². The van der Waals surface area contributed by atoms with Crippen LogP contribution in [0.25, 0.3) is 0 Å². The molecule has 7 nitrogen and oxygen atoms in total. The molecule has 0 bridgehead atoms. The molecule has 138 valence electrons. The second-order valence-corrected chi connectivity index (χ2v) is 7.25. The number of aryl methyl sites for hydroxylation is 1. The highest BCUT2D eigenvalue weighted by molar-refractivity contribution is 7.19. The van der Waals surface area contributed by atoms with E-state index in [2.05, 4.69) is 34.6 Å². The summed E-state index contributed by atoms with van der Waals surface area (Å²) >= 11 is 1.33. The third-order valence-electron chi connectivity index (χ3n) is 4.34. The van der Waals surface area contributed by atoms with E-state index in [0.29, 0.717) is 29.8 Å². The van der Waals surface area contributed by atoms with Gasteiger partial charge in [-0.25, -0.2) is 0 Å². The molecule has 0 radical (unpaired) electrons. The summed E-state index contributed by atoms with van der Waals surface area (Å²) in [4.78, 5) is 27.4. The Hall–Kier alpha value is -2.48. The van der Waals surface area contributed by atoms with Crippen LogP contribution in [0.15, 0.2) is 24.3 Å². The highest BCUT2D eigenvalue weighted by Gasteiger charge is 2.25. The topological polar surface area (TPSA) is 78.4 Å². The number of nitrogens with zero attached hydrogens (tertiary/aromatic N) is 4. The second-order valence-electron chi connectivity index (χ2n) is 6.32. The van der Waals surface area contributed by atoms with Gasteiger partial charge in [-0.05, 0) is 24.0 Å². The van der Waals surface area contributed by atoms with E-state index in [0.717, 1.165) is 18.4 Å². The monoisotopic (exact) mass is 373 g/mol. The average Bonchev–Trinajstić information content (AvgIpc) is 3.29. The van der Waals surface area contributed by atoms with Crippen LogP contribution in [0.1, 0.15) is 30.9 Å². The predicted molar refractivity (Wildman–Crippen MR) is 102 cm³/mol. The van der Waals surface area contributed by atoms with Crippen LogP contribution in [0.3, 0.4) is 0 Å². The molecule has 1 aromatic carbocycles. The Morgan fingerprint density at radius 2 is 2.00 bits per heavy atom. The van der Waals surface area contributed by atoms with Gasteiger partial charge in [-0.1, -0.05) is 42.5 Å². The lowest BCUT2D eigenvalue weighted by Gasteiger charge is -2.15. The lowest BCUT2D eigenvalue weighted by molar-refractivity contribution is -0.120. The van der Waals surface area contributed by atoms with Crippen molar-refractivity contribution in [3.63, 3.8) is 0 Å². The van der Waals surface area contributed by atoms with E-state index < -0.39 is 0 Å². The van der Waals surface area contributed by atoms with E-state index in [9.17, 15) is 9.59 Å². The molecule has 8 heteroatoms. The van der Waals surface area contributed by atoms with Crippen LogP contribution in [0.4, 0.5) is 10.3 Å². The summed E-state index contributed by atoms with van der Waals surface area (Å²) in [6, 6.07) is 8.23. The first-order valence-electron chi connectivity index (χ1n) is 8.76. The molecule has 3 rings (SSSR count). The van der Waals surface area contributed by atoms with Crippen LogP contribution in [0.5, 0.6) is 0 Å². The fourth-order valence-electron chi connectivity index (χ4n) is 2.75. The predicted octanol–water partition coefficient (Wildman–Crippen LogP) is 1.98. The minimum absolute atomic E-state index is 0.0823. The van der Waals surface area contributed by atoms with Gasteiger partial charge in [-0.15, -0.1) is 10.2 Å². The van der Waals surface area contributed by atoms with Gasteiger partial charge in [-0.2, -0.15) is 0 Å². The maximum Gasteiger partial charge on any atom is 0.239 e. The minimum Gasteiger partial charge on any atom is -0.350 e. The van der Waals surface area contributed by atoms with Crippen molar-refractivity contribution in [3.8, 4) is 0 Å². The SMILES string of the molecule is CCc1ccc(CNC(=O)CN(C)c2nnc(N3CCCC3=O)s2)cc1. The van der Waals surface area contributed by atoms with Crippen LogP contribution in [-0.2, 0) is 22.6 Å². The zero-order valence-corrected chi connectivity index (χ0v) is 15.9. The molecule has 1 fully saturated rings. The fourth-order valence-corrected chi connectivity index (χ4v) is 3.60. The molecule has 26 heavy (non-hydrogen) atoms. The van der Waals surface area contributed by atoms with Crippen LogP contribution in [0.2, 0.25) is 0 Å². The van der Waals surface area contributed by atoms with Crippen molar-refractivity contribution < 1.29 is 9.59 Å². The number of amides is 2. The van der Waals surface area contributed by atoms with Crippen molar-refractivity contribution in [2.24, 2.45) is 0 Å². The number of hydrogen-bond acceptors (Lipinski definition) is 6. The van der Waals surface area contributed by atoms with Gasteiger partial charge in [0.05, 0.1) is 6.54 Å². The minimum atomic E-state index is -0.0823. The van der Waals surface area contributed by atoms with Crippen LogP contribution in [-0.4, -0.2) is 42.1 Å². The van der Waals surface area contributed by atoms with E-state index in [1.54, 1.807) is 16.8 Å². The quantitative estimate of drug-likeness (QED) is 0.803. The van der Waals surface area contributed by atoms with Crippen molar-refractivity contribution in [3.05, 3.63) is 35.4 Å². The van der Waals surface area contributed by atoms with E-state index >= 15 is 0 Å². The lowest BCUT2D eigenvalue weighted by Crippen LogP contribution is -2.34. The Balaban J connectivity index is 1.50. The largest absolute Gasteiger partial charge is 0.350 e. The Kier molecular flexibility index (Phi) is 5.82. The van der Waals surface area contributed by atoms with Gasteiger partial charge in [0.25, 0.3) is 0 Å². The summed E-state index contributed by atoms with van der Waals surface area (Å²) in [6.07, 6.45) is 2.42. The summed E-state index contributed by atoms with van der Waals surface area (Å²) in [5, 5.41) is 12.3. The molecule has 1 aliphatic rings. The van der Waals surface area contributed by atoms with Crippen molar-refractivity contribution in [2.45, 2.75) is 32.7 Å². The lowest BCUT2D eigenvalue weighted by atomic mass is 10.1. The molecule has 2 heterocycles. The van der Waals surface area contributed by atoms with Gasteiger partial charge in [0.15, 0.2) is 0 Å². The van der Waals surface area contributed by atoms with Crippen molar-refractivity contribution in [1.82, 2.24) is 15.5 Å². The molecule has 1 aromatic heterocycles. The summed E-state index contributed by atoms with van der Waals surface area (Å²) in [7, 11) is 1.80. The molecule has 0 atom stereocenters. The van der Waals surface area contributed by atoms with Crippen molar-refractivity contribution in [2.75, 3.05) is 29.9 Å². The average molecular weight is 373 g/mol. The first-order chi connectivity index (χ1) is 12.6. The third-order valence-corrected chi connectivity index (χ3v) is 5.40. The number of likely N-dealkylation sites (N-methyl/N-ethyl adjacent to an activating group) is 1. The van der Waals surface area contributed by atoms with E-state index in [4.69, 9.17) is 0 Å². The Bertz CT molecular complexity index is 774. The Morgan fingerprint density at radius 1 is 1.27 bits per heavy atom. The number of anilines is 2. The van der Waals surface area contributed by atoms with Gasteiger partial charge in [0.2, 0.25) is 22.1 Å². The van der Waals surface area contributed by atoms with Crippen LogP contribution in [0, 0.1) is 0 Å². The molecule has 0 saturated carbocycles. The first kappa shape index (κ1) is 18.3. The second kappa shape index (κ2) is 8.27. The number of benzene rings is 1.